The lowest BCUT2D eigenvalue weighted by Gasteiger charge is -2.02. The summed E-state index contributed by atoms with van der Waals surface area (Å²) >= 11 is 0. The van der Waals surface area contributed by atoms with Crippen molar-refractivity contribution in [3.63, 3.8) is 0 Å². The highest BCUT2D eigenvalue weighted by Crippen LogP contribution is 1.87. The number of rotatable bonds is 1. The van der Waals surface area contributed by atoms with Crippen molar-refractivity contribution in [2.75, 3.05) is 7.11 Å². The molecule has 0 aromatic carbocycles. The van der Waals surface area contributed by atoms with Gasteiger partial charge >= 0.3 is 0 Å². The average molecular weight is 99.1 g/mol. The van der Waals surface area contributed by atoms with Crippen LogP contribution in [0.3, 0.4) is 0 Å². The van der Waals surface area contributed by atoms with Gasteiger partial charge in [-0.2, -0.15) is 0 Å². The molecule has 3 heteroatoms. The Morgan fingerprint density at radius 3 is 3.00 bits per heavy atom. The zero-order valence-corrected chi connectivity index (χ0v) is 4.06. The van der Waals surface area contributed by atoms with Crippen LogP contribution >= 0.6 is 0 Å². The molecule has 0 saturated heterocycles. The van der Waals surface area contributed by atoms with Crippen molar-refractivity contribution in [3.8, 4) is 0 Å². The van der Waals surface area contributed by atoms with E-state index >= 15 is 0 Å². The van der Waals surface area contributed by atoms with Crippen molar-refractivity contribution >= 4 is 0 Å². The Morgan fingerprint density at radius 2 is 2.71 bits per heavy atom. The molecule has 0 aromatic heterocycles. The minimum absolute atomic E-state index is 0.000000000000000222. The van der Waals surface area contributed by atoms with E-state index < -0.39 is 0 Å². The molecule has 1 unspecified atom stereocenters. The van der Waals surface area contributed by atoms with E-state index in [4.69, 9.17) is 4.74 Å². The summed E-state index contributed by atoms with van der Waals surface area (Å²) in [6.45, 7) is 0. The first-order valence-corrected chi connectivity index (χ1v) is 2.05. The molecule has 0 bridgehead atoms. The minimum Gasteiger partial charge on any atom is -0.361 e. The van der Waals surface area contributed by atoms with Gasteiger partial charge in [0, 0.05) is 7.11 Å². The number of hydrogen-bond donors (Lipinski definition) is 2. The molecule has 39 valence electrons. The van der Waals surface area contributed by atoms with Crippen LogP contribution in [-0.4, -0.2) is 13.3 Å². The predicted octanol–water partition coefficient (Wildman–Crippen LogP) is -0.616. The first-order chi connectivity index (χ1) is 3.43. The highest BCUT2D eigenvalue weighted by molar-refractivity contribution is 4.84. The van der Waals surface area contributed by atoms with Gasteiger partial charge in [0.25, 0.3) is 0 Å². The zero-order valence-electron chi connectivity index (χ0n) is 4.06. The smallest absolute Gasteiger partial charge is 0.145 e. The van der Waals surface area contributed by atoms with Gasteiger partial charge in [0.1, 0.15) is 6.23 Å². The van der Waals surface area contributed by atoms with Crippen molar-refractivity contribution in [1.29, 1.82) is 0 Å². The van der Waals surface area contributed by atoms with E-state index in [1.54, 1.807) is 13.2 Å². The molecular formula is C4H7N2O. The van der Waals surface area contributed by atoms with Gasteiger partial charge < -0.3 is 10.2 Å². The summed E-state index contributed by atoms with van der Waals surface area (Å²) in [7, 11) is 1.63. The molecule has 0 aliphatic carbocycles. The second-order valence-electron chi connectivity index (χ2n) is 1.24. The molecule has 0 fully saturated rings. The molecule has 1 aliphatic rings. The Kier molecular flexibility index (Phi) is 1.29. The van der Waals surface area contributed by atoms with Crippen molar-refractivity contribution in [2.24, 2.45) is 0 Å². The third-order valence-electron chi connectivity index (χ3n) is 0.775. The van der Waals surface area contributed by atoms with Gasteiger partial charge in [-0.3, -0.25) is 0 Å². The maximum atomic E-state index is 4.82. The zero-order chi connectivity index (χ0) is 5.11. The van der Waals surface area contributed by atoms with E-state index in [1.165, 1.54) is 0 Å². The van der Waals surface area contributed by atoms with E-state index in [-0.39, 0.29) is 6.23 Å². The van der Waals surface area contributed by atoms with E-state index in [9.17, 15) is 0 Å². The number of ether oxygens (including phenoxy) is 1. The molecular weight excluding hydrogens is 92.1 g/mol. The van der Waals surface area contributed by atoms with Crippen LogP contribution in [0.4, 0.5) is 0 Å². The number of nitrogens with one attached hydrogen (secondary N) is 2. The standard InChI is InChI=1S/C4H7N2O/c1-7-4-2-3-5-6-4/h2,4-6H,1H3. The highest BCUT2D eigenvalue weighted by atomic mass is 16.5. The van der Waals surface area contributed by atoms with Crippen molar-refractivity contribution < 1.29 is 4.74 Å². The van der Waals surface area contributed by atoms with Crippen LogP contribution in [0.2, 0.25) is 0 Å². The summed E-state index contributed by atoms with van der Waals surface area (Å²) < 4.78 is 4.82. The van der Waals surface area contributed by atoms with E-state index in [1.807, 2.05) is 0 Å². The van der Waals surface area contributed by atoms with Crippen molar-refractivity contribution in [2.45, 2.75) is 6.23 Å². The fourth-order valence-corrected chi connectivity index (χ4v) is 0.399. The summed E-state index contributed by atoms with van der Waals surface area (Å²) in [4.78, 5) is 0. The maximum absolute atomic E-state index is 4.82. The third-order valence-corrected chi connectivity index (χ3v) is 0.775. The van der Waals surface area contributed by atoms with Gasteiger partial charge in [-0.05, 0) is 6.08 Å². The molecule has 0 aromatic rings. The first-order valence-electron chi connectivity index (χ1n) is 2.05. The monoisotopic (exact) mass is 99.1 g/mol. The second kappa shape index (κ2) is 1.95. The topological polar surface area (TPSA) is 33.3 Å². The fourth-order valence-electron chi connectivity index (χ4n) is 0.399. The minimum atomic E-state index is -0.000000000000000222. The number of hydrogen-bond acceptors (Lipinski definition) is 3. The van der Waals surface area contributed by atoms with Crippen LogP contribution < -0.4 is 10.9 Å². The molecule has 1 heterocycles. The number of methoxy groups -OCH3 is 1. The Labute approximate surface area is 42.3 Å². The normalized spacial score (nSPS) is 27.9. The Morgan fingerprint density at radius 1 is 1.86 bits per heavy atom. The quantitative estimate of drug-likeness (QED) is 0.460. The van der Waals surface area contributed by atoms with Gasteiger partial charge in [0.05, 0.1) is 6.20 Å². The lowest BCUT2D eigenvalue weighted by atomic mass is 10.6. The molecule has 1 aliphatic heterocycles. The molecule has 0 spiro atoms. The van der Waals surface area contributed by atoms with Gasteiger partial charge in [-0.15, -0.1) is 0 Å². The van der Waals surface area contributed by atoms with Gasteiger partial charge in [-0.25, -0.2) is 5.43 Å². The fraction of sp³-hybridized carbons (Fsp3) is 0.500. The SMILES string of the molecule is COC1C=[C]NN1. The molecule has 1 radical (unpaired) electrons. The average Bonchev–Trinajstić information content (AvgIpc) is 2.14. The van der Waals surface area contributed by atoms with Crippen LogP contribution in [0.1, 0.15) is 0 Å². The van der Waals surface area contributed by atoms with Crippen molar-refractivity contribution in [1.82, 2.24) is 10.9 Å². The van der Waals surface area contributed by atoms with Crippen LogP contribution in [0.25, 0.3) is 0 Å². The number of hydrazine groups is 1. The highest BCUT2D eigenvalue weighted by Gasteiger charge is 2.02. The first kappa shape index (κ1) is 4.61. The van der Waals surface area contributed by atoms with Crippen LogP contribution in [0.15, 0.2) is 6.08 Å². The Balaban J connectivity index is 2.28. The Bertz CT molecular complexity index is 81.8. The summed E-state index contributed by atoms with van der Waals surface area (Å²) in [5.74, 6) is 0. The molecule has 1 atom stereocenters. The molecule has 0 amide bonds. The molecule has 2 N–H and O–H groups in total. The third kappa shape index (κ3) is 0.913. The molecule has 7 heavy (non-hydrogen) atoms. The summed E-state index contributed by atoms with van der Waals surface area (Å²) in [6.07, 6.45) is 4.48. The summed E-state index contributed by atoms with van der Waals surface area (Å²) in [6, 6.07) is 0. The lowest BCUT2D eigenvalue weighted by molar-refractivity contribution is 0.113. The van der Waals surface area contributed by atoms with Gasteiger partial charge in [0.2, 0.25) is 0 Å². The molecule has 1 rings (SSSR count). The van der Waals surface area contributed by atoms with Crippen molar-refractivity contribution in [3.05, 3.63) is 12.3 Å². The van der Waals surface area contributed by atoms with Crippen LogP contribution in [-0.2, 0) is 4.74 Å². The largest absolute Gasteiger partial charge is 0.361 e. The Hall–Kier alpha value is -0.540. The van der Waals surface area contributed by atoms with E-state index in [2.05, 4.69) is 17.1 Å². The van der Waals surface area contributed by atoms with Gasteiger partial charge in [-0.1, -0.05) is 0 Å². The van der Waals surface area contributed by atoms with E-state index in [0.717, 1.165) is 0 Å². The summed E-state index contributed by atoms with van der Waals surface area (Å²) in [5, 5.41) is 0. The molecule has 3 nitrogen and oxygen atoms in total. The maximum Gasteiger partial charge on any atom is 0.145 e. The lowest BCUT2D eigenvalue weighted by Crippen LogP contribution is -2.31. The second-order valence-corrected chi connectivity index (χ2v) is 1.24. The van der Waals surface area contributed by atoms with E-state index in [0.29, 0.717) is 0 Å². The van der Waals surface area contributed by atoms with Gasteiger partial charge in [0.15, 0.2) is 0 Å². The predicted molar refractivity (Wildman–Crippen MR) is 24.9 cm³/mol. The van der Waals surface area contributed by atoms with Crippen LogP contribution in [0.5, 0.6) is 0 Å². The molecule has 0 saturated carbocycles. The van der Waals surface area contributed by atoms with Crippen LogP contribution in [0, 0.1) is 6.20 Å². The summed E-state index contributed by atoms with van der Waals surface area (Å²) in [5.41, 5.74) is 5.41.